The van der Waals surface area contributed by atoms with E-state index in [4.69, 9.17) is 16.9 Å². The number of aromatic amines is 1. The molecule has 1 rings (SSSR count). The van der Waals surface area contributed by atoms with E-state index in [9.17, 15) is 0 Å². The summed E-state index contributed by atoms with van der Waals surface area (Å²) < 4.78 is 0. The van der Waals surface area contributed by atoms with Crippen molar-refractivity contribution in [2.75, 3.05) is 5.73 Å². The standard InChI is InChI=1S/C4H7N5/c5-3(6)2-1-8-9-4(2)7/h1H,(H3,5,6)(H3,7,8,9). The second-order valence-corrected chi connectivity index (χ2v) is 1.61. The minimum absolute atomic E-state index is 0.0683. The third-order valence-corrected chi connectivity index (χ3v) is 0.959. The maximum Gasteiger partial charge on any atom is 0.129 e. The number of H-pyrrole nitrogens is 1. The van der Waals surface area contributed by atoms with Crippen molar-refractivity contribution in [3.8, 4) is 0 Å². The maximum absolute atomic E-state index is 6.93. The Morgan fingerprint density at radius 1 is 1.78 bits per heavy atom. The van der Waals surface area contributed by atoms with E-state index in [1.807, 2.05) is 0 Å². The zero-order chi connectivity index (χ0) is 6.85. The van der Waals surface area contributed by atoms with Crippen molar-refractivity contribution in [1.29, 1.82) is 5.41 Å². The van der Waals surface area contributed by atoms with Crippen LogP contribution in [-0.4, -0.2) is 16.0 Å². The van der Waals surface area contributed by atoms with Crippen molar-refractivity contribution in [2.45, 2.75) is 0 Å². The Morgan fingerprint density at radius 2 is 2.44 bits per heavy atom. The van der Waals surface area contributed by atoms with Gasteiger partial charge in [-0.2, -0.15) is 5.10 Å². The summed E-state index contributed by atoms with van der Waals surface area (Å²) in [5.41, 5.74) is 10.9. The van der Waals surface area contributed by atoms with Crippen LogP contribution >= 0.6 is 0 Å². The molecule has 0 fully saturated rings. The van der Waals surface area contributed by atoms with E-state index in [0.717, 1.165) is 0 Å². The Hall–Kier alpha value is -1.52. The first-order valence-electron chi connectivity index (χ1n) is 2.35. The number of nitrogens with zero attached hydrogens (tertiary/aromatic N) is 1. The Labute approximate surface area is 51.6 Å². The van der Waals surface area contributed by atoms with Gasteiger partial charge in [0.15, 0.2) is 0 Å². The third kappa shape index (κ3) is 0.835. The van der Waals surface area contributed by atoms with Gasteiger partial charge in [-0.15, -0.1) is 0 Å². The minimum atomic E-state index is -0.0683. The summed E-state index contributed by atoms with van der Waals surface area (Å²) in [5.74, 6) is 0.267. The van der Waals surface area contributed by atoms with Crippen LogP contribution in [0.5, 0.6) is 0 Å². The van der Waals surface area contributed by atoms with Gasteiger partial charge in [-0.3, -0.25) is 10.5 Å². The number of anilines is 1. The molecule has 6 N–H and O–H groups in total. The number of aromatic nitrogens is 2. The molecule has 0 radical (unpaired) electrons. The molecule has 0 spiro atoms. The predicted molar refractivity (Wildman–Crippen MR) is 34.0 cm³/mol. The van der Waals surface area contributed by atoms with Gasteiger partial charge in [0.1, 0.15) is 11.7 Å². The van der Waals surface area contributed by atoms with Crippen molar-refractivity contribution in [3.05, 3.63) is 11.8 Å². The first kappa shape index (κ1) is 5.61. The lowest BCUT2D eigenvalue weighted by atomic mass is 10.3. The lowest BCUT2D eigenvalue weighted by Gasteiger charge is -1.90. The van der Waals surface area contributed by atoms with Crippen LogP contribution in [-0.2, 0) is 0 Å². The first-order chi connectivity index (χ1) is 4.22. The molecule has 1 heterocycles. The smallest absolute Gasteiger partial charge is 0.129 e. The van der Waals surface area contributed by atoms with Gasteiger partial charge in [0.25, 0.3) is 0 Å². The molecule has 0 aliphatic carbocycles. The van der Waals surface area contributed by atoms with Gasteiger partial charge in [0.05, 0.1) is 11.8 Å². The number of amidine groups is 1. The summed E-state index contributed by atoms with van der Waals surface area (Å²) in [6.45, 7) is 0. The maximum atomic E-state index is 6.93. The van der Waals surface area contributed by atoms with E-state index in [-0.39, 0.29) is 5.84 Å². The summed E-state index contributed by atoms with van der Waals surface area (Å²) >= 11 is 0. The van der Waals surface area contributed by atoms with Gasteiger partial charge in [-0.1, -0.05) is 0 Å². The number of hydrogen-bond donors (Lipinski definition) is 4. The van der Waals surface area contributed by atoms with Crippen LogP contribution < -0.4 is 11.5 Å². The van der Waals surface area contributed by atoms with Gasteiger partial charge in [-0.05, 0) is 0 Å². The van der Waals surface area contributed by atoms with Gasteiger partial charge in [0, 0.05) is 0 Å². The van der Waals surface area contributed by atoms with Crippen molar-refractivity contribution >= 4 is 11.7 Å². The third-order valence-electron chi connectivity index (χ3n) is 0.959. The van der Waals surface area contributed by atoms with Crippen LogP contribution in [0, 0.1) is 5.41 Å². The highest BCUT2D eigenvalue weighted by molar-refractivity contribution is 5.98. The summed E-state index contributed by atoms with van der Waals surface area (Å²) in [4.78, 5) is 0. The van der Waals surface area contributed by atoms with Crippen LogP contribution in [0.25, 0.3) is 0 Å². The van der Waals surface area contributed by atoms with E-state index < -0.39 is 0 Å². The molecule has 0 saturated carbocycles. The van der Waals surface area contributed by atoms with Gasteiger partial charge in [-0.25, -0.2) is 0 Å². The quantitative estimate of drug-likeness (QED) is 0.294. The molecule has 1 aromatic rings. The number of nitrogens with one attached hydrogen (secondary N) is 2. The highest BCUT2D eigenvalue weighted by Gasteiger charge is 2.01. The summed E-state index contributed by atoms with van der Waals surface area (Å²) in [5, 5.41) is 13.0. The number of rotatable bonds is 1. The summed E-state index contributed by atoms with van der Waals surface area (Å²) in [7, 11) is 0. The second kappa shape index (κ2) is 1.77. The van der Waals surface area contributed by atoms with E-state index >= 15 is 0 Å². The summed E-state index contributed by atoms with van der Waals surface area (Å²) in [6, 6.07) is 0. The van der Waals surface area contributed by atoms with E-state index in [2.05, 4.69) is 10.2 Å². The zero-order valence-corrected chi connectivity index (χ0v) is 4.68. The van der Waals surface area contributed by atoms with Crippen molar-refractivity contribution in [2.24, 2.45) is 5.73 Å². The molecule has 0 saturated heterocycles. The lowest BCUT2D eigenvalue weighted by Crippen LogP contribution is -2.11. The van der Waals surface area contributed by atoms with Crippen LogP contribution in [0.2, 0.25) is 0 Å². The normalized spacial score (nSPS) is 9.33. The number of hydrogen-bond acceptors (Lipinski definition) is 3. The molecule has 0 aromatic carbocycles. The Morgan fingerprint density at radius 3 is 2.67 bits per heavy atom. The lowest BCUT2D eigenvalue weighted by molar-refractivity contribution is 1.10. The fraction of sp³-hybridized carbons (Fsp3) is 0. The average molecular weight is 125 g/mol. The van der Waals surface area contributed by atoms with E-state index in [0.29, 0.717) is 11.4 Å². The van der Waals surface area contributed by atoms with Crippen LogP contribution in [0.3, 0.4) is 0 Å². The first-order valence-corrected chi connectivity index (χ1v) is 2.35. The number of nitrogens with two attached hydrogens (primary N) is 2. The molecule has 48 valence electrons. The fourth-order valence-corrected chi connectivity index (χ4v) is 0.511. The monoisotopic (exact) mass is 125 g/mol. The van der Waals surface area contributed by atoms with Crippen molar-refractivity contribution in [3.63, 3.8) is 0 Å². The number of nitrogen functional groups attached to an aromatic ring is 2. The van der Waals surface area contributed by atoms with E-state index in [1.54, 1.807) is 0 Å². The van der Waals surface area contributed by atoms with Crippen LogP contribution in [0.4, 0.5) is 5.82 Å². The summed E-state index contributed by atoms with van der Waals surface area (Å²) in [6.07, 6.45) is 1.41. The minimum Gasteiger partial charge on any atom is -0.384 e. The van der Waals surface area contributed by atoms with Gasteiger partial charge < -0.3 is 11.5 Å². The van der Waals surface area contributed by atoms with Crippen LogP contribution in [0.15, 0.2) is 6.20 Å². The van der Waals surface area contributed by atoms with Crippen molar-refractivity contribution < 1.29 is 0 Å². The molecule has 0 unspecified atom stereocenters. The second-order valence-electron chi connectivity index (χ2n) is 1.61. The average Bonchev–Trinajstić information content (AvgIpc) is 2.13. The topological polar surface area (TPSA) is 105 Å². The zero-order valence-electron chi connectivity index (χ0n) is 4.68. The SMILES string of the molecule is N=C(N)c1cn[nH]c1N. The molecule has 0 aliphatic heterocycles. The van der Waals surface area contributed by atoms with E-state index in [1.165, 1.54) is 6.20 Å². The predicted octanol–water partition coefficient (Wildman–Crippen LogP) is -0.724. The Bertz CT molecular complexity index is 225. The molecule has 1 aromatic heterocycles. The van der Waals surface area contributed by atoms with Crippen molar-refractivity contribution in [1.82, 2.24) is 10.2 Å². The fourth-order valence-electron chi connectivity index (χ4n) is 0.511. The molecular formula is C4H7N5. The van der Waals surface area contributed by atoms with Gasteiger partial charge >= 0.3 is 0 Å². The Balaban J connectivity index is 3.08. The molecule has 0 amide bonds. The molecular weight excluding hydrogens is 118 g/mol. The molecule has 5 heteroatoms. The molecule has 9 heavy (non-hydrogen) atoms. The Kier molecular flexibility index (Phi) is 1.11. The molecule has 0 bridgehead atoms. The van der Waals surface area contributed by atoms with Crippen LogP contribution in [0.1, 0.15) is 5.56 Å². The molecule has 0 atom stereocenters. The largest absolute Gasteiger partial charge is 0.384 e. The molecule has 0 aliphatic rings. The highest BCUT2D eigenvalue weighted by Crippen LogP contribution is 2.02. The van der Waals surface area contributed by atoms with Gasteiger partial charge in [0.2, 0.25) is 0 Å². The highest BCUT2D eigenvalue weighted by atomic mass is 15.1. The molecule has 5 nitrogen and oxygen atoms in total.